The monoisotopic (exact) mass is 286 g/mol. The fraction of sp³-hybridized carbons (Fsp3) is 0. The van der Waals surface area contributed by atoms with E-state index in [2.05, 4.69) is 21.9 Å². The molecule has 1 aromatic rings. The second-order valence-corrected chi connectivity index (χ2v) is 2.55. The van der Waals surface area contributed by atoms with Gasteiger partial charge >= 0.3 is 22.4 Å². The third kappa shape index (κ3) is 2.72. The molecule has 1 aromatic carbocycles. The molecule has 0 amide bonds. The summed E-state index contributed by atoms with van der Waals surface area (Å²) in [6.07, 6.45) is 6.75. The number of hydrogen-bond donors (Lipinski definition) is 0. The van der Waals surface area contributed by atoms with Crippen molar-refractivity contribution < 1.29 is 22.4 Å². The first-order valence-electron chi connectivity index (χ1n) is 2.51. The van der Waals surface area contributed by atoms with Gasteiger partial charge < -0.3 is 6.42 Å². The molecule has 1 rings (SSSR count). The average molecular weight is 288 g/mol. The van der Waals surface area contributed by atoms with Crippen LogP contribution in [0.15, 0.2) is 28.7 Å². The summed E-state index contributed by atoms with van der Waals surface area (Å²) in [7, 11) is 0. The Balaban J connectivity index is 0.000000810. The molecule has 2 heteroatoms. The maximum atomic E-state index is 6.75. The minimum Gasteiger partial charge on any atom is -0.366 e. The Morgan fingerprint density at radius 2 is 1.70 bits per heavy atom. The van der Waals surface area contributed by atoms with Crippen LogP contribution >= 0.6 is 15.9 Å². The van der Waals surface area contributed by atoms with Crippen LogP contribution in [0, 0.1) is 12.3 Å². The SMILES string of the molecule is [Ag+].[C-]#Cc1ccc(Br)cc1. The summed E-state index contributed by atoms with van der Waals surface area (Å²) < 4.78 is 1.03. The van der Waals surface area contributed by atoms with Crippen LogP contribution in [-0.2, 0) is 22.4 Å². The molecule has 0 aromatic heterocycles. The molecule has 10 heavy (non-hydrogen) atoms. The van der Waals surface area contributed by atoms with E-state index >= 15 is 0 Å². The van der Waals surface area contributed by atoms with Crippen LogP contribution in [0.4, 0.5) is 0 Å². The Bertz CT molecular complexity index is 232. The van der Waals surface area contributed by atoms with E-state index in [0.717, 1.165) is 10.0 Å². The molecule has 0 saturated carbocycles. The van der Waals surface area contributed by atoms with Gasteiger partial charge in [-0.2, -0.15) is 0 Å². The van der Waals surface area contributed by atoms with Crippen LogP contribution in [0.1, 0.15) is 5.56 Å². The zero-order valence-corrected chi connectivity index (χ0v) is 8.06. The average Bonchev–Trinajstić information content (AvgIpc) is 1.90. The van der Waals surface area contributed by atoms with Crippen molar-refractivity contribution >= 4 is 15.9 Å². The molecular weight excluding hydrogens is 284 g/mol. The van der Waals surface area contributed by atoms with Gasteiger partial charge in [0, 0.05) is 4.47 Å². The smallest absolute Gasteiger partial charge is 0.366 e. The summed E-state index contributed by atoms with van der Waals surface area (Å²) in [6, 6.07) is 7.43. The number of benzene rings is 1. The predicted octanol–water partition coefficient (Wildman–Crippen LogP) is 2.38. The van der Waals surface area contributed by atoms with E-state index in [4.69, 9.17) is 6.42 Å². The molecule has 0 nitrogen and oxygen atoms in total. The zero-order valence-electron chi connectivity index (χ0n) is 4.99. The van der Waals surface area contributed by atoms with Crippen LogP contribution in [-0.4, -0.2) is 0 Å². The van der Waals surface area contributed by atoms with E-state index in [0.29, 0.717) is 0 Å². The molecule has 0 saturated heterocycles. The standard InChI is InChI=1S/C8H4Br.Ag/c1-2-7-3-5-8(9)6-4-7;/h3-6H;/q-1;+1. The summed E-state index contributed by atoms with van der Waals surface area (Å²) in [5.74, 6) is 2.28. The summed E-state index contributed by atoms with van der Waals surface area (Å²) in [6.45, 7) is 0. The maximum absolute atomic E-state index is 6.75. The first kappa shape index (κ1) is 10.0. The van der Waals surface area contributed by atoms with Gasteiger partial charge in [0.2, 0.25) is 0 Å². The second-order valence-electron chi connectivity index (χ2n) is 1.63. The van der Waals surface area contributed by atoms with Crippen molar-refractivity contribution in [3.8, 4) is 5.92 Å². The van der Waals surface area contributed by atoms with E-state index in [-0.39, 0.29) is 22.4 Å². The van der Waals surface area contributed by atoms with Crippen molar-refractivity contribution in [3.05, 3.63) is 40.7 Å². The van der Waals surface area contributed by atoms with Crippen LogP contribution in [0.3, 0.4) is 0 Å². The van der Waals surface area contributed by atoms with Gasteiger partial charge in [0.1, 0.15) is 0 Å². The predicted molar refractivity (Wildman–Crippen MR) is 40.4 cm³/mol. The molecule has 0 atom stereocenters. The Morgan fingerprint density at radius 3 is 2.10 bits per heavy atom. The van der Waals surface area contributed by atoms with E-state index in [9.17, 15) is 0 Å². The van der Waals surface area contributed by atoms with Crippen LogP contribution in [0.25, 0.3) is 0 Å². The van der Waals surface area contributed by atoms with Crippen molar-refractivity contribution in [1.29, 1.82) is 0 Å². The minimum absolute atomic E-state index is 0. The molecule has 54 valence electrons. The normalized spacial score (nSPS) is 7.60. The van der Waals surface area contributed by atoms with Gasteiger partial charge in [-0.05, 0) is 0 Å². The molecule has 0 aliphatic rings. The number of hydrogen-bond acceptors (Lipinski definition) is 0. The van der Waals surface area contributed by atoms with E-state index in [1.165, 1.54) is 0 Å². The van der Waals surface area contributed by atoms with Crippen LogP contribution in [0.2, 0.25) is 0 Å². The van der Waals surface area contributed by atoms with Crippen molar-refractivity contribution in [2.24, 2.45) is 0 Å². The van der Waals surface area contributed by atoms with E-state index in [1.54, 1.807) is 0 Å². The van der Waals surface area contributed by atoms with Gasteiger partial charge in [-0.15, -0.1) is 17.7 Å². The molecule has 0 unspecified atom stereocenters. The van der Waals surface area contributed by atoms with Gasteiger partial charge in [-0.1, -0.05) is 28.1 Å². The summed E-state index contributed by atoms with van der Waals surface area (Å²) in [5, 5.41) is 0. The first-order valence-corrected chi connectivity index (χ1v) is 3.30. The molecule has 0 bridgehead atoms. The Morgan fingerprint density at radius 1 is 1.20 bits per heavy atom. The third-order valence-electron chi connectivity index (χ3n) is 0.989. The van der Waals surface area contributed by atoms with Gasteiger partial charge in [0.25, 0.3) is 0 Å². The zero-order chi connectivity index (χ0) is 6.69. The summed E-state index contributed by atoms with van der Waals surface area (Å²) >= 11 is 3.29. The fourth-order valence-corrected chi connectivity index (χ4v) is 0.798. The van der Waals surface area contributed by atoms with Crippen molar-refractivity contribution in [1.82, 2.24) is 0 Å². The molecule has 0 heterocycles. The fourth-order valence-electron chi connectivity index (χ4n) is 0.533. The van der Waals surface area contributed by atoms with Crippen molar-refractivity contribution in [2.45, 2.75) is 0 Å². The van der Waals surface area contributed by atoms with Crippen molar-refractivity contribution in [3.63, 3.8) is 0 Å². The Hall–Kier alpha value is 0.000260. The summed E-state index contributed by atoms with van der Waals surface area (Å²) in [4.78, 5) is 0. The summed E-state index contributed by atoms with van der Waals surface area (Å²) in [5.41, 5.74) is 0.804. The van der Waals surface area contributed by atoms with Gasteiger partial charge in [0.05, 0.1) is 0 Å². The molecule has 0 fully saturated rings. The molecule has 0 spiro atoms. The Labute approximate surface area is 84.7 Å². The van der Waals surface area contributed by atoms with Gasteiger partial charge in [0.15, 0.2) is 0 Å². The third-order valence-corrected chi connectivity index (χ3v) is 1.52. The van der Waals surface area contributed by atoms with E-state index < -0.39 is 0 Å². The van der Waals surface area contributed by atoms with Crippen LogP contribution in [0.5, 0.6) is 0 Å². The minimum atomic E-state index is 0. The van der Waals surface area contributed by atoms with Gasteiger partial charge in [-0.25, -0.2) is 0 Å². The maximum Gasteiger partial charge on any atom is 1.00 e. The molecule has 0 N–H and O–H groups in total. The number of rotatable bonds is 0. The topological polar surface area (TPSA) is 0 Å². The van der Waals surface area contributed by atoms with E-state index in [1.807, 2.05) is 24.3 Å². The first-order chi connectivity index (χ1) is 4.33. The Kier molecular flexibility index (Phi) is 4.76. The van der Waals surface area contributed by atoms with Gasteiger partial charge in [-0.3, -0.25) is 5.92 Å². The molecule has 0 aliphatic heterocycles. The molecule has 0 radical (unpaired) electrons. The number of halogens is 1. The van der Waals surface area contributed by atoms with Crippen molar-refractivity contribution in [2.75, 3.05) is 0 Å². The molecular formula is C8H4AgBr. The van der Waals surface area contributed by atoms with Crippen LogP contribution < -0.4 is 0 Å². The second kappa shape index (κ2) is 4.76. The molecule has 0 aliphatic carbocycles. The largest absolute Gasteiger partial charge is 1.00 e. The quantitative estimate of drug-likeness (QED) is 0.390.